The smallest absolute Gasteiger partial charge is 0.227 e. The quantitative estimate of drug-likeness (QED) is 0.660. The van der Waals surface area contributed by atoms with Gasteiger partial charge in [0.1, 0.15) is 0 Å². The molecule has 0 aromatic rings. The summed E-state index contributed by atoms with van der Waals surface area (Å²) in [5.74, 6) is 0.146. The molecule has 0 rings (SSSR count). The minimum Gasteiger partial charge on any atom is -0.340 e. The SMILES string of the molecule is CCCCCN(C(=O)C(C)C(C)N)C(C)CCC.Cl. The summed E-state index contributed by atoms with van der Waals surface area (Å²) < 4.78 is 0. The molecule has 19 heavy (non-hydrogen) atoms. The summed E-state index contributed by atoms with van der Waals surface area (Å²) in [6, 6.07) is 0.264. The van der Waals surface area contributed by atoms with E-state index in [1.807, 2.05) is 18.7 Å². The maximum absolute atomic E-state index is 12.4. The van der Waals surface area contributed by atoms with Crippen LogP contribution < -0.4 is 5.73 Å². The van der Waals surface area contributed by atoms with Gasteiger partial charge in [-0.2, -0.15) is 0 Å². The second kappa shape index (κ2) is 11.5. The molecule has 3 nitrogen and oxygen atoms in total. The average Bonchev–Trinajstić information content (AvgIpc) is 2.33. The Balaban J connectivity index is 0. The third kappa shape index (κ3) is 7.78. The largest absolute Gasteiger partial charge is 0.340 e. The van der Waals surface area contributed by atoms with E-state index in [4.69, 9.17) is 5.73 Å². The van der Waals surface area contributed by atoms with E-state index in [1.54, 1.807) is 0 Å². The van der Waals surface area contributed by atoms with E-state index in [-0.39, 0.29) is 30.3 Å². The maximum Gasteiger partial charge on any atom is 0.227 e. The summed E-state index contributed by atoms with van der Waals surface area (Å²) in [4.78, 5) is 14.5. The number of hydrogen-bond acceptors (Lipinski definition) is 2. The molecule has 0 aromatic carbocycles. The lowest BCUT2D eigenvalue weighted by atomic mass is 10.0. The number of nitrogens with zero attached hydrogens (tertiary/aromatic N) is 1. The van der Waals surface area contributed by atoms with Gasteiger partial charge in [-0.15, -0.1) is 12.4 Å². The Kier molecular flexibility index (Phi) is 12.8. The summed E-state index contributed by atoms with van der Waals surface area (Å²) in [5.41, 5.74) is 5.86. The number of hydrogen-bond donors (Lipinski definition) is 1. The third-order valence-corrected chi connectivity index (χ3v) is 3.70. The second-order valence-electron chi connectivity index (χ2n) is 5.52. The van der Waals surface area contributed by atoms with Crippen molar-refractivity contribution in [2.24, 2.45) is 11.7 Å². The zero-order valence-electron chi connectivity index (χ0n) is 13.3. The lowest BCUT2D eigenvalue weighted by molar-refractivity contribution is -0.137. The van der Waals surface area contributed by atoms with E-state index in [1.165, 1.54) is 12.8 Å². The van der Waals surface area contributed by atoms with Gasteiger partial charge in [0, 0.05) is 18.6 Å². The summed E-state index contributed by atoms with van der Waals surface area (Å²) >= 11 is 0. The highest BCUT2D eigenvalue weighted by molar-refractivity contribution is 5.85. The molecule has 0 aliphatic rings. The van der Waals surface area contributed by atoms with Gasteiger partial charge in [-0.3, -0.25) is 4.79 Å². The molecule has 0 saturated carbocycles. The van der Waals surface area contributed by atoms with Crippen LogP contribution in [0.5, 0.6) is 0 Å². The van der Waals surface area contributed by atoms with Gasteiger partial charge in [0.05, 0.1) is 5.92 Å². The Morgan fingerprint density at radius 1 is 1.11 bits per heavy atom. The van der Waals surface area contributed by atoms with Crippen LogP contribution in [-0.2, 0) is 4.79 Å². The first-order chi connectivity index (χ1) is 8.45. The fourth-order valence-corrected chi connectivity index (χ4v) is 2.14. The van der Waals surface area contributed by atoms with Crippen LogP contribution in [-0.4, -0.2) is 29.4 Å². The Hall–Kier alpha value is -0.280. The molecule has 0 aliphatic carbocycles. The molecule has 0 bridgehead atoms. The van der Waals surface area contributed by atoms with Crippen LogP contribution in [0.15, 0.2) is 0 Å². The molecular formula is C15H33ClN2O. The van der Waals surface area contributed by atoms with E-state index in [2.05, 4.69) is 20.8 Å². The lowest BCUT2D eigenvalue weighted by Crippen LogP contribution is -2.46. The zero-order valence-corrected chi connectivity index (χ0v) is 14.1. The fourth-order valence-electron chi connectivity index (χ4n) is 2.14. The maximum atomic E-state index is 12.4. The molecule has 1 amide bonds. The number of carbonyl (C=O) groups excluding carboxylic acids is 1. The van der Waals surface area contributed by atoms with Gasteiger partial charge in [-0.05, 0) is 26.7 Å². The molecule has 0 radical (unpaired) electrons. The number of nitrogens with two attached hydrogens (primary N) is 1. The molecule has 0 heterocycles. The molecule has 116 valence electrons. The van der Waals surface area contributed by atoms with Gasteiger partial charge >= 0.3 is 0 Å². The van der Waals surface area contributed by atoms with Gasteiger partial charge < -0.3 is 10.6 Å². The van der Waals surface area contributed by atoms with Gasteiger partial charge in [-0.1, -0.05) is 40.0 Å². The minimum atomic E-state index is -0.0778. The van der Waals surface area contributed by atoms with Crippen molar-refractivity contribution in [3.8, 4) is 0 Å². The number of rotatable bonds is 9. The Morgan fingerprint density at radius 2 is 1.68 bits per heavy atom. The number of amides is 1. The summed E-state index contributed by atoms with van der Waals surface area (Å²) in [5, 5.41) is 0. The monoisotopic (exact) mass is 292 g/mol. The van der Waals surface area contributed by atoms with E-state index in [9.17, 15) is 4.79 Å². The predicted octanol–water partition coefficient (Wildman–Crippen LogP) is 3.60. The van der Waals surface area contributed by atoms with Gasteiger partial charge in [-0.25, -0.2) is 0 Å². The van der Waals surface area contributed by atoms with E-state index in [0.717, 1.165) is 25.8 Å². The summed E-state index contributed by atoms with van der Waals surface area (Å²) in [7, 11) is 0. The van der Waals surface area contributed by atoms with Crippen molar-refractivity contribution in [2.45, 2.75) is 78.8 Å². The summed E-state index contributed by atoms with van der Waals surface area (Å²) in [6.07, 6.45) is 5.67. The van der Waals surface area contributed by atoms with Crippen molar-refractivity contribution >= 4 is 18.3 Å². The fraction of sp³-hybridized carbons (Fsp3) is 0.933. The number of carbonyl (C=O) groups is 1. The van der Waals surface area contributed by atoms with Crippen molar-refractivity contribution in [2.75, 3.05) is 6.54 Å². The van der Waals surface area contributed by atoms with Gasteiger partial charge in [0.2, 0.25) is 5.91 Å². The van der Waals surface area contributed by atoms with Crippen molar-refractivity contribution in [3.05, 3.63) is 0 Å². The molecule has 0 aromatic heterocycles. The van der Waals surface area contributed by atoms with Crippen LogP contribution in [0.4, 0.5) is 0 Å². The highest BCUT2D eigenvalue weighted by Gasteiger charge is 2.26. The number of unbranched alkanes of at least 4 members (excludes halogenated alkanes) is 2. The van der Waals surface area contributed by atoms with Crippen molar-refractivity contribution in [3.63, 3.8) is 0 Å². The molecule has 3 atom stereocenters. The van der Waals surface area contributed by atoms with Crippen molar-refractivity contribution < 1.29 is 4.79 Å². The molecule has 3 unspecified atom stereocenters. The highest BCUT2D eigenvalue weighted by Crippen LogP contribution is 2.14. The van der Waals surface area contributed by atoms with Crippen molar-refractivity contribution in [1.29, 1.82) is 0 Å². The first kappa shape index (κ1) is 21.0. The molecule has 0 spiro atoms. The Bertz CT molecular complexity index is 234. The average molecular weight is 293 g/mol. The Labute approximate surface area is 125 Å². The summed E-state index contributed by atoms with van der Waals surface area (Å²) in [6.45, 7) is 11.2. The van der Waals surface area contributed by atoms with Crippen LogP contribution in [0.1, 0.15) is 66.7 Å². The standard InChI is InChI=1S/C15H32N2O.ClH/c1-6-8-9-11-17(12(3)10-7-2)15(18)13(4)14(5)16;/h12-14H,6-11,16H2,1-5H3;1H. The van der Waals surface area contributed by atoms with E-state index < -0.39 is 0 Å². The molecule has 4 heteroatoms. The first-order valence-electron chi connectivity index (χ1n) is 7.51. The van der Waals surface area contributed by atoms with Crippen LogP contribution >= 0.6 is 12.4 Å². The van der Waals surface area contributed by atoms with Crippen molar-refractivity contribution in [1.82, 2.24) is 4.90 Å². The highest BCUT2D eigenvalue weighted by atomic mass is 35.5. The van der Waals surface area contributed by atoms with E-state index in [0.29, 0.717) is 6.04 Å². The minimum absolute atomic E-state index is 0. The van der Waals surface area contributed by atoms with Crippen LogP contribution in [0.25, 0.3) is 0 Å². The first-order valence-corrected chi connectivity index (χ1v) is 7.51. The Morgan fingerprint density at radius 3 is 2.11 bits per heavy atom. The van der Waals surface area contributed by atoms with Gasteiger partial charge in [0.15, 0.2) is 0 Å². The normalized spacial score (nSPS) is 15.3. The molecule has 0 aliphatic heterocycles. The molecule has 0 saturated heterocycles. The van der Waals surface area contributed by atoms with Gasteiger partial charge in [0.25, 0.3) is 0 Å². The predicted molar refractivity (Wildman–Crippen MR) is 85.7 cm³/mol. The molecule has 0 fully saturated rings. The second-order valence-corrected chi connectivity index (χ2v) is 5.52. The van der Waals surface area contributed by atoms with Crippen LogP contribution in [0.3, 0.4) is 0 Å². The third-order valence-electron chi connectivity index (χ3n) is 3.70. The molecular weight excluding hydrogens is 260 g/mol. The zero-order chi connectivity index (χ0) is 14.1. The number of halogens is 1. The van der Waals surface area contributed by atoms with Crippen LogP contribution in [0, 0.1) is 5.92 Å². The lowest BCUT2D eigenvalue weighted by Gasteiger charge is -2.32. The topological polar surface area (TPSA) is 46.3 Å². The van der Waals surface area contributed by atoms with E-state index >= 15 is 0 Å². The molecule has 2 N–H and O–H groups in total. The van der Waals surface area contributed by atoms with Crippen LogP contribution in [0.2, 0.25) is 0 Å².